The van der Waals surface area contributed by atoms with E-state index in [1.807, 2.05) is 109 Å². The average Bonchev–Trinajstić information content (AvgIpc) is 3.63. The van der Waals surface area contributed by atoms with Gasteiger partial charge in [0, 0.05) is 39.5 Å². The van der Waals surface area contributed by atoms with E-state index < -0.39 is 16.8 Å². The number of fused-ring (bicyclic) bond motifs is 2. The summed E-state index contributed by atoms with van der Waals surface area (Å²) >= 11 is 6.77. The molecule has 0 amide bonds. The Bertz CT molecular complexity index is 2480. The van der Waals surface area contributed by atoms with Gasteiger partial charge in [-0.25, -0.2) is 0 Å². The highest BCUT2D eigenvalue weighted by molar-refractivity contribution is 6.30. The summed E-state index contributed by atoms with van der Waals surface area (Å²) in [5.41, 5.74) is 8.27. The van der Waals surface area contributed by atoms with Crippen molar-refractivity contribution in [3.05, 3.63) is 196 Å². The Hall–Kier alpha value is -6.69. The van der Waals surface area contributed by atoms with Gasteiger partial charge in [-0.3, -0.25) is 9.59 Å². The first-order chi connectivity index (χ1) is 29.2. The van der Waals surface area contributed by atoms with Gasteiger partial charge in [0.15, 0.2) is 12.3 Å². The van der Waals surface area contributed by atoms with E-state index in [1.165, 1.54) is 0 Å². The number of anilines is 1. The number of rotatable bonds is 17. The first kappa shape index (κ1) is 41.5. The van der Waals surface area contributed by atoms with Crippen LogP contribution in [0.2, 0.25) is 5.02 Å². The maximum Gasteiger partial charge on any atom is 0.309 e. The van der Waals surface area contributed by atoms with Crippen LogP contribution in [0, 0.1) is 11.3 Å². The van der Waals surface area contributed by atoms with E-state index >= 15 is 0 Å². The topological polar surface area (TPSA) is 103 Å². The number of benzene rings is 5. The molecule has 9 heteroatoms. The van der Waals surface area contributed by atoms with Crippen LogP contribution in [0.25, 0.3) is 0 Å². The maximum absolute atomic E-state index is 12.1. The van der Waals surface area contributed by atoms with Crippen LogP contribution in [0.15, 0.2) is 163 Å². The minimum Gasteiger partial charge on any atom is -0.497 e. The number of nitrogens with zero attached hydrogens (tertiary/aromatic N) is 3. The van der Waals surface area contributed by atoms with Gasteiger partial charge in [0.05, 0.1) is 30.7 Å². The van der Waals surface area contributed by atoms with Gasteiger partial charge in [-0.2, -0.15) is 9.84 Å². The van der Waals surface area contributed by atoms with E-state index in [9.17, 15) is 20.0 Å². The number of carboxylic acid groups (broad SMARTS) is 1. The number of nitriles is 1. The van der Waals surface area contributed by atoms with Gasteiger partial charge in [0.2, 0.25) is 5.69 Å². The molecule has 60 heavy (non-hydrogen) atoms. The van der Waals surface area contributed by atoms with Crippen molar-refractivity contribution in [2.75, 3.05) is 31.7 Å². The molecule has 5 aromatic rings. The fourth-order valence-electron chi connectivity index (χ4n) is 8.92. The summed E-state index contributed by atoms with van der Waals surface area (Å²) in [6.07, 6.45) is 9.43. The number of ether oxygens (including phenoxy) is 2. The molecule has 1 unspecified atom stereocenters. The van der Waals surface area contributed by atoms with Gasteiger partial charge in [-0.15, -0.1) is 0 Å². The summed E-state index contributed by atoms with van der Waals surface area (Å²) in [6.45, 7) is 3.44. The number of aliphatic carboxylic acids is 1. The third-order valence-electron chi connectivity index (χ3n) is 11.6. The number of allylic oxidation sites excluding steroid dienone is 6. The van der Waals surface area contributed by atoms with Crippen LogP contribution in [-0.4, -0.2) is 54.6 Å². The molecule has 1 N–H and O–H groups in total. The number of halogens is 1. The van der Waals surface area contributed by atoms with Crippen LogP contribution in [0.5, 0.6) is 5.75 Å². The molecule has 1 atom stereocenters. The minimum absolute atomic E-state index is 0.0891. The molecule has 8 nitrogen and oxygen atoms in total. The lowest BCUT2D eigenvalue weighted by molar-refractivity contribution is -0.436. The van der Waals surface area contributed by atoms with E-state index in [-0.39, 0.29) is 19.6 Å². The fraction of sp³-hybridized carbons (Fsp3) is 0.216. The Morgan fingerprint density at radius 1 is 0.867 bits per heavy atom. The molecule has 0 radical (unpaired) electrons. The van der Waals surface area contributed by atoms with Crippen molar-refractivity contribution in [3.8, 4) is 11.8 Å². The number of hydrogen-bond acceptors (Lipinski definition) is 6. The second kappa shape index (κ2) is 18.5. The summed E-state index contributed by atoms with van der Waals surface area (Å²) in [5.74, 6) is -0.175. The van der Waals surface area contributed by atoms with Crippen molar-refractivity contribution in [1.82, 2.24) is 0 Å². The molecule has 7 rings (SSSR count). The fourth-order valence-corrected chi connectivity index (χ4v) is 9.10. The SMILES string of the molecule is COc1ccc2c(c1)C(C)(Cc1ccccc1)\C(=C/C=C(C#N)/C=C/C1=[N+](CCC(=O)O)c3ccc(Cl)cc3C1(Cc1ccccc1)Cc1ccccc1)N2CCOC=O. The van der Waals surface area contributed by atoms with Crippen LogP contribution in [0.3, 0.4) is 0 Å². The molecule has 2 aliphatic rings. The Labute approximate surface area is 356 Å². The first-order valence-corrected chi connectivity index (χ1v) is 20.4. The summed E-state index contributed by atoms with van der Waals surface area (Å²) in [4.78, 5) is 25.5. The number of carbonyl (C=O) groups excluding carboxylic acids is 1. The van der Waals surface area contributed by atoms with E-state index in [1.54, 1.807) is 7.11 Å². The minimum atomic E-state index is -0.904. The molecular formula is C51H47ClN3O5+. The van der Waals surface area contributed by atoms with Crippen LogP contribution >= 0.6 is 11.6 Å². The van der Waals surface area contributed by atoms with E-state index in [2.05, 4.69) is 64.9 Å². The predicted molar refractivity (Wildman–Crippen MR) is 236 cm³/mol. The quantitative estimate of drug-likeness (QED) is 0.0328. The number of hydrogen-bond donors (Lipinski definition) is 1. The van der Waals surface area contributed by atoms with Gasteiger partial charge in [0.1, 0.15) is 18.8 Å². The molecule has 302 valence electrons. The van der Waals surface area contributed by atoms with Crippen LogP contribution < -0.4 is 9.64 Å². The predicted octanol–water partition coefficient (Wildman–Crippen LogP) is 9.73. The average molecular weight is 817 g/mol. The monoisotopic (exact) mass is 816 g/mol. The van der Waals surface area contributed by atoms with E-state index in [0.717, 1.165) is 56.4 Å². The standard InChI is InChI=1S/C51H46ClN3O5/c1-50(32-37-12-6-3-7-13-37)43-31-42(59-2)21-23-45(43)55(28-29-60-36-56)47(50)24-18-40(35-53)19-25-48-51(33-38-14-8-4-9-15-38,34-39-16-10-5-11-17-39)44-30-41(52)20-22-46(44)54(48)27-26-49(57)58/h3-25,30-31,36H,26-29,32-34H2,1-2H3/p+1. The number of methoxy groups -OCH3 is 1. The summed E-state index contributed by atoms with van der Waals surface area (Å²) in [5, 5.41) is 21.3. The molecule has 2 aliphatic heterocycles. The van der Waals surface area contributed by atoms with Gasteiger partial charge in [-0.1, -0.05) is 103 Å². The van der Waals surface area contributed by atoms with Crippen LogP contribution in [0.1, 0.15) is 41.2 Å². The van der Waals surface area contributed by atoms with Crippen molar-refractivity contribution in [1.29, 1.82) is 5.26 Å². The third-order valence-corrected chi connectivity index (χ3v) is 11.8. The Morgan fingerprint density at radius 3 is 2.08 bits per heavy atom. The molecule has 0 aromatic heterocycles. The van der Waals surface area contributed by atoms with E-state index in [4.69, 9.17) is 21.1 Å². The third kappa shape index (κ3) is 8.68. The van der Waals surface area contributed by atoms with Gasteiger partial charge < -0.3 is 19.5 Å². The lowest BCUT2D eigenvalue weighted by Crippen LogP contribution is -2.39. The molecule has 2 heterocycles. The zero-order valence-corrected chi connectivity index (χ0v) is 34.5. The number of carbonyl (C=O) groups is 2. The zero-order valence-electron chi connectivity index (χ0n) is 33.8. The normalized spacial score (nSPS) is 17.4. The molecule has 0 fully saturated rings. The first-order valence-electron chi connectivity index (χ1n) is 20.0. The second-order valence-corrected chi connectivity index (χ2v) is 15.8. The van der Waals surface area contributed by atoms with Crippen molar-refractivity contribution >= 4 is 41.1 Å². The largest absolute Gasteiger partial charge is 0.497 e. The number of carboxylic acids is 1. The van der Waals surface area contributed by atoms with Crippen molar-refractivity contribution in [2.24, 2.45) is 0 Å². The smallest absolute Gasteiger partial charge is 0.309 e. The van der Waals surface area contributed by atoms with Crippen LogP contribution in [-0.2, 0) is 44.4 Å². The van der Waals surface area contributed by atoms with Gasteiger partial charge >= 0.3 is 5.97 Å². The highest BCUT2D eigenvalue weighted by Gasteiger charge is 2.51. The molecule has 5 aromatic carbocycles. The summed E-state index contributed by atoms with van der Waals surface area (Å²) in [6, 6.07) is 45.1. The molecule has 0 saturated carbocycles. The van der Waals surface area contributed by atoms with E-state index in [0.29, 0.717) is 42.9 Å². The van der Waals surface area contributed by atoms with Gasteiger partial charge in [-0.05, 0) is 97.0 Å². The highest BCUT2D eigenvalue weighted by Crippen LogP contribution is 2.51. The highest BCUT2D eigenvalue weighted by atomic mass is 35.5. The molecular weight excluding hydrogens is 770 g/mol. The van der Waals surface area contributed by atoms with Crippen molar-refractivity contribution < 1.29 is 28.7 Å². The molecule has 0 saturated heterocycles. The van der Waals surface area contributed by atoms with Crippen molar-refractivity contribution in [2.45, 2.75) is 43.4 Å². The second-order valence-electron chi connectivity index (χ2n) is 15.4. The summed E-state index contributed by atoms with van der Waals surface area (Å²) in [7, 11) is 1.65. The Kier molecular flexibility index (Phi) is 12.8. The molecule has 0 aliphatic carbocycles. The summed E-state index contributed by atoms with van der Waals surface area (Å²) < 4.78 is 13.0. The lowest BCUT2D eigenvalue weighted by Gasteiger charge is -2.30. The van der Waals surface area contributed by atoms with Gasteiger partial charge in [0.25, 0.3) is 6.47 Å². The molecule has 0 bridgehead atoms. The van der Waals surface area contributed by atoms with Crippen LogP contribution in [0.4, 0.5) is 11.4 Å². The molecule has 0 spiro atoms. The maximum atomic E-state index is 12.1. The van der Waals surface area contributed by atoms with Crippen molar-refractivity contribution in [3.63, 3.8) is 0 Å². The Balaban J connectivity index is 1.39. The lowest BCUT2D eigenvalue weighted by atomic mass is 9.69. The zero-order chi connectivity index (χ0) is 42.1. The Morgan fingerprint density at radius 2 is 1.50 bits per heavy atom.